The molecule has 0 aliphatic heterocycles. The zero-order valence-electron chi connectivity index (χ0n) is 15.2. The molecule has 1 amide bonds. The normalized spacial score (nSPS) is 10.3. The summed E-state index contributed by atoms with van der Waals surface area (Å²) < 4.78 is 12.9. The number of anilines is 3. The summed E-state index contributed by atoms with van der Waals surface area (Å²) in [7, 11) is 3.97. The number of pyridine rings is 1. The average Bonchev–Trinajstić information content (AvgIpc) is 2.68. The number of hydrogen-bond acceptors (Lipinski definition) is 4. The number of benzene rings is 2. The van der Waals surface area contributed by atoms with Gasteiger partial charge in [0.1, 0.15) is 5.82 Å². The molecule has 138 valence electrons. The Balaban J connectivity index is 1.63. The van der Waals surface area contributed by atoms with E-state index in [0.29, 0.717) is 12.1 Å². The summed E-state index contributed by atoms with van der Waals surface area (Å²) in [5.41, 5.74) is 4.01. The standard InChI is InChI=1S/C21H21FN4O/c1-26(2)20-9-7-18(8-10-20)25-19-11-16(13-23-14-19)21(27)24-12-15-3-5-17(22)6-4-15/h3-11,13-14,25H,12H2,1-2H3,(H,24,27). The Morgan fingerprint density at radius 3 is 2.37 bits per heavy atom. The number of rotatable bonds is 6. The Bertz CT molecular complexity index is 908. The molecule has 1 aromatic heterocycles. The molecule has 2 aromatic carbocycles. The van der Waals surface area contributed by atoms with Gasteiger partial charge in [-0.15, -0.1) is 0 Å². The van der Waals surface area contributed by atoms with Crippen molar-refractivity contribution in [3.8, 4) is 0 Å². The highest BCUT2D eigenvalue weighted by molar-refractivity contribution is 5.94. The second-order valence-electron chi connectivity index (χ2n) is 6.34. The Morgan fingerprint density at radius 1 is 1.00 bits per heavy atom. The second-order valence-corrected chi connectivity index (χ2v) is 6.34. The van der Waals surface area contributed by atoms with Crippen LogP contribution in [0.1, 0.15) is 15.9 Å². The summed E-state index contributed by atoms with van der Waals surface area (Å²) in [6.07, 6.45) is 3.18. The van der Waals surface area contributed by atoms with Crippen LogP contribution >= 0.6 is 0 Å². The summed E-state index contributed by atoms with van der Waals surface area (Å²) in [5, 5.41) is 6.05. The predicted molar refractivity (Wildman–Crippen MR) is 106 cm³/mol. The molecule has 0 aliphatic rings. The molecule has 0 atom stereocenters. The fourth-order valence-electron chi connectivity index (χ4n) is 2.53. The van der Waals surface area contributed by atoms with Crippen molar-refractivity contribution >= 4 is 23.0 Å². The minimum atomic E-state index is -0.299. The average molecular weight is 364 g/mol. The van der Waals surface area contributed by atoms with Crippen LogP contribution in [0.15, 0.2) is 67.0 Å². The van der Waals surface area contributed by atoms with Crippen LogP contribution in [0.3, 0.4) is 0 Å². The second kappa shape index (κ2) is 8.31. The molecule has 0 aliphatic carbocycles. The number of nitrogens with zero attached hydrogens (tertiary/aromatic N) is 2. The molecule has 0 fully saturated rings. The van der Waals surface area contributed by atoms with E-state index in [1.54, 1.807) is 24.4 Å². The van der Waals surface area contributed by atoms with E-state index in [4.69, 9.17) is 0 Å². The van der Waals surface area contributed by atoms with Gasteiger partial charge in [0.15, 0.2) is 0 Å². The molecule has 1 heterocycles. The highest BCUT2D eigenvalue weighted by Crippen LogP contribution is 2.20. The van der Waals surface area contributed by atoms with Crippen molar-refractivity contribution < 1.29 is 9.18 Å². The maximum Gasteiger partial charge on any atom is 0.253 e. The van der Waals surface area contributed by atoms with Gasteiger partial charge >= 0.3 is 0 Å². The van der Waals surface area contributed by atoms with Gasteiger partial charge in [-0.25, -0.2) is 4.39 Å². The number of carbonyl (C=O) groups is 1. The van der Waals surface area contributed by atoms with Crippen molar-refractivity contribution in [2.24, 2.45) is 0 Å². The minimum absolute atomic E-state index is 0.238. The summed E-state index contributed by atoms with van der Waals surface area (Å²) in [6, 6.07) is 15.7. The molecule has 3 rings (SSSR count). The van der Waals surface area contributed by atoms with Crippen LogP contribution in [0, 0.1) is 5.82 Å². The highest BCUT2D eigenvalue weighted by Gasteiger charge is 2.07. The number of hydrogen-bond donors (Lipinski definition) is 2. The van der Waals surface area contributed by atoms with Gasteiger partial charge in [-0.3, -0.25) is 9.78 Å². The molecule has 0 radical (unpaired) electrons. The summed E-state index contributed by atoms with van der Waals surface area (Å²) in [4.78, 5) is 18.5. The van der Waals surface area contributed by atoms with Crippen LogP contribution in [0.4, 0.5) is 21.5 Å². The Hall–Kier alpha value is -3.41. The third kappa shape index (κ3) is 5.04. The molecular formula is C21H21FN4O. The Labute approximate surface area is 157 Å². The van der Waals surface area contributed by atoms with E-state index in [-0.39, 0.29) is 11.7 Å². The monoisotopic (exact) mass is 364 g/mol. The lowest BCUT2D eigenvalue weighted by Crippen LogP contribution is -2.23. The van der Waals surface area contributed by atoms with Crippen LogP contribution in [0.25, 0.3) is 0 Å². The molecule has 0 spiro atoms. The number of carbonyl (C=O) groups excluding carboxylic acids is 1. The number of halogens is 1. The fraction of sp³-hybridized carbons (Fsp3) is 0.143. The van der Waals surface area contributed by atoms with Gasteiger partial charge in [-0.1, -0.05) is 12.1 Å². The third-order valence-electron chi connectivity index (χ3n) is 4.04. The molecule has 27 heavy (non-hydrogen) atoms. The first-order valence-corrected chi connectivity index (χ1v) is 8.53. The maximum atomic E-state index is 12.9. The molecule has 3 aromatic rings. The molecule has 5 nitrogen and oxygen atoms in total. The summed E-state index contributed by atoms with van der Waals surface area (Å²) >= 11 is 0. The molecule has 0 unspecified atom stereocenters. The fourth-order valence-corrected chi connectivity index (χ4v) is 2.53. The quantitative estimate of drug-likeness (QED) is 0.695. The van der Waals surface area contributed by atoms with Gasteiger partial charge in [0.2, 0.25) is 0 Å². The van der Waals surface area contributed by atoms with E-state index < -0.39 is 0 Å². The van der Waals surface area contributed by atoms with Crippen molar-refractivity contribution in [2.75, 3.05) is 24.3 Å². The lowest BCUT2D eigenvalue weighted by atomic mass is 10.2. The topological polar surface area (TPSA) is 57.3 Å². The molecule has 0 saturated heterocycles. The molecular weight excluding hydrogens is 343 g/mol. The van der Waals surface area contributed by atoms with E-state index in [2.05, 4.69) is 15.6 Å². The van der Waals surface area contributed by atoms with E-state index in [1.807, 2.05) is 43.3 Å². The van der Waals surface area contributed by atoms with E-state index in [0.717, 1.165) is 22.6 Å². The highest BCUT2D eigenvalue weighted by atomic mass is 19.1. The molecule has 0 bridgehead atoms. The van der Waals surface area contributed by atoms with Gasteiger partial charge in [0.25, 0.3) is 5.91 Å². The van der Waals surface area contributed by atoms with E-state index >= 15 is 0 Å². The van der Waals surface area contributed by atoms with E-state index in [1.165, 1.54) is 18.3 Å². The van der Waals surface area contributed by atoms with Crippen molar-refractivity contribution in [1.29, 1.82) is 0 Å². The largest absolute Gasteiger partial charge is 0.378 e. The van der Waals surface area contributed by atoms with Gasteiger partial charge < -0.3 is 15.5 Å². The first-order chi connectivity index (χ1) is 13.0. The first-order valence-electron chi connectivity index (χ1n) is 8.53. The zero-order valence-corrected chi connectivity index (χ0v) is 15.2. The van der Waals surface area contributed by atoms with Gasteiger partial charge in [0.05, 0.1) is 17.4 Å². The zero-order chi connectivity index (χ0) is 19.2. The molecule has 6 heteroatoms. The summed E-state index contributed by atoms with van der Waals surface area (Å²) in [6.45, 7) is 0.322. The van der Waals surface area contributed by atoms with Crippen molar-refractivity contribution in [3.63, 3.8) is 0 Å². The number of aromatic nitrogens is 1. The van der Waals surface area contributed by atoms with Gasteiger partial charge in [0, 0.05) is 38.2 Å². The summed E-state index contributed by atoms with van der Waals surface area (Å²) in [5.74, 6) is -0.537. The smallest absolute Gasteiger partial charge is 0.253 e. The Kier molecular flexibility index (Phi) is 5.66. The van der Waals surface area contributed by atoms with Crippen LogP contribution in [0.2, 0.25) is 0 Å². The van der Waals surface area contributed by atoms with E-state index in [9.17, 15) is 9.18 Å². The van der Waals surface area contributed by atoms with Crippen molar-refractivity contribution in [1.82, 2.24) is 10.3 Å². The SMILES string of the molecule is CN(C)c1ccc(Nc2cncc(C(=O)NCc3ccc(F)cc3)c2)cc1. The lowest BCUT2D eigenvalue weighted by Gasteiger charge is -2.13. The van der Waals surface area contributed by atoms with Crippen molar-refractivity contribution in [3.05, 3.63) is 83.9 Å². The lowest BCUT2D eigenvalue weighted by molar-refractivity contribution is 0.0950. The van der Waals surface area contributed by atoms with Crippen LogP contribution in [0.5, 0.6) is 0 Å². The first kappa shape index (κ1) is 18.4. The predicted octanol–water partition coefficient (Wildman–Crippen LogP) is 3.96. The van der Waals surface area contributed by atoms with Crippen molar-refractivity contribution in [2.45, 2.75) is 6.54 Å². The molecule has 0 saturated carbocycles. The van der Waals surface area contributed by atoms with Crippen LogP contribution < -0.4 is 15.5 Å². The number of amides is 1. The van der Waals surface area contributed by atoms with Gasteiger partial charge in [-0.05, 0) is 48.0 Å². The minimum Gasteiger partial charge on any atom is -0.378 e. The maximum absolute atomic E-state index is 12.9. The van der Waals surface area contributed by atoms with Gasteiger partial charge in [-0.2, -0.15) is 0 Å². The number of nitrogens with one attached hydrogen (secondary N) is 2. The van der Waals surface area contributed by atoms with Crippen LogP contribution in [-0.2, 0) is 6.54 Å². The molecule has 2 N–H and O–H groups in total. The Morgan fingerprint density at radius 2 is 1.70 bits per heavy atom. The van der Waals surface area contributed by atoms with Crippen LogP contribution in [-0.4, -0.2) is 25.0 Å². The third-order valence-corrected chi connectivity index (χ3v) is 4.04.